The summed E-state index contributed by atoms with van der Waals surface area (Å²) >= 11 is 0. The van der Waals surface area contributed by atoms with Gasteiger partial charge in [-0.1, -0.05) is 0 Å². The van der Waals surface area contributed by atoms with Crippen LogP contribution < -0.4 is 10.1 Å². The molecule has 1 saturated heterocycles. The Labute approximate surface area is 128 Å². The first-order valence-corrected chi connectivity index (χ1v) is 8.08. The Morgan fingerprint density at radius 3 is 2.90 bits per heavy atom. The van der Waals surface area contributed by atoms with Crippen molar-refractivity contribution in [2.75, 3.05) is 33.8 Å². The van der Waals surface area contributed by atoms with Crippen molar-refractivity contribution in [2.45, 2.75) is 38.6 Å². The molecule has 0 saturated carbocycles. The van der Waals surface area contributed by atoms with Crippen LogP contribution in [0, 0.1) is 5.92 Å². The molecule has 0 bridgehead atoms. The normalized spacial score (nSPS) is 18.6. The van der Waals surface area contributed by atoms with E-state index >= 15 is 0 Å². The SMILES string of the molecule is COc1cc(CC(C)NCCC2CCN(C)CC2)ccn1. The van der Waals surface area contributed by atoms with Crippen molar-refractivity contribution >= 4 is 0 Å². The first kappa shape index (κ1) is 16.2. The highest BCUT2D eigenvalue weighted by atomic mass is 16.5. The molecule has 4 nitrogen and oxygen atoms in total. The molecule has 0 amide bonds. The highest BCUT2D eigenvalue weighted by molar-refractivity contribution is 5.21. The lowest BCUT2D eigenvalue weighted by Crippen LogP contribution is -2.34. The molecule has 2 heterocycles. The van der Waals surface area contributed by atoms with Gasteiger partial charge in [0.05, 0.1) is 7.11 Å². The third-order valence-electron chi connectivity index (χ3n) is 4.43. The van der Waals surface area contributed by atoms with Gasteiger partial charge in [-0.3, -0.25) is 0 Å². The van der Waals surface area contributed by atoms with Gasteiger partial charge in [0.1, 0.15) is 0 Å². The molecule has 1 unspecified atom stereocenters. The molecule has 1 aromatic rings. The summed E-state index contributed by atoms with van der Waals surface area (Å²) in [6.45, 7) is 5.90. The Bertz CT molecular complexity index is 416. The van der Waals surface area contributed by atoms with Crippen LogP contribution in [-0.4, -0.2) is 49.7 Å². The Morgan fingerprint density at radius 1 is 1.43 bits per heavy atom. The second kappa shape index (κ2) is 8.35. The van der Waals surface area contributed by atoms with E-state index < -0.39 is 0 Å². The highest BCUT2D eigenvalue weighted by Crippen LogP contribution is 2.19. The predicted molar refractivity (Wildman–Crippen MR) is 86.8 cm³/mol. The maximum atomic E-state index is 5.17. The van der Waals surface area contributed by atoms with E-state index in [0.29, 0.717) is 11.9 Å². The Morgan fingerprint density at radius 2 is 2.19 bits per heavy atom. The van der Waals surface area contributed by atoms with Crippen LogP contribution in [0.15, 0.2) is 18.3 Å². The standard InChI is InChI=1S/C17H29N3O/c1-14(12-16-5-9-19-17(13-16)21-3)18-8-4-15-6-10-20(2)11-7-15/h5,9,13-15,18H,4,6-8,10-12H2,1-3H3. The molecule has 21 heavy (non-hydrogen) atoms. The number of likely N-dealkylation sites (tertiary alicyclic amines) is 1. The molecule has 1 N–H and O–H groups in total. The van der Waals surface area contributed by atoms with Gasteiger partial charge >= 0.3 is 0 Å². The Balaban J connectivity index is 1.66. The van der Waals surface area contributed by atoms with E-state index in [2.05, 4.69) is 35.2 Å². The lowest BCUT2D eigenvalue weighted by atomic mass is 9.94. The van der Waals surface area contributed by atoms with E-state index in [1.165, 1.54) is 37.9 Å². The van der Waals surface area contributed by atoms with Crippen molar-refractivity contribution in [3.8, 4) is 5.88 Å². The molecule has 1 aliphatic heterocycles. The predicted octanol–water partition coefficient (Wildman–Crippen LogP) is 2.34. The van der Waals surface area contributed by atoms with Crippen molar-refractivity contribution in [3.05, 3.63) is 23.9 Å². The average molecular weight is 291 g/mol. The molecule has 0 radical (unpaired) electrons. The van der Waals surface area contributed by atoms with Gasteiger partial charge in [0, 0.05) is 18.3 Å². The Hall–Kier alpha value is -1.13. The minimum atomic E-state index is 0.489. The number of nitrogens with one attached hydrogen (secondary N) is 1. The molecule has 1 fully saturated rings. The number of hydrogen-bond acceptors (Lipinski definition) is 4. The van der Waals surface area contributed by atoms with Crippen LogP contribution in [0.5, 0.6) is 5.88 Å². The van der Waals surface area contributed by atoms with Gasteiger partial charge in [0.15, 0.2) is 0 Å². The van der Waals surface area contributed by atoms with Crippen LogP contribution in [-0.2, 0) is 6.42 Å². The number of ether oxygens (including phenoxy) is 1. The topological polar surface area (TPSA) is 37.4 Å². The van der Waals surface area contributed by atoms with E-state index in [1.807, 2.05) is 12.3 Å². The number of methoxy groups -OCH3 is 1. The van der Waals surface area contributed by atoms with E-state index in [0.717, 1.165) is 18.9 Å². The fraction of sp³-hybridized carbons (Fsp3) is 0.706. The highest BCUT2D eigenvalue weighted by Gasteiger charge is 2.16. The van der Waals surface area contributed by atoms with Crippen molar-refractivity contribution in [1.82, 2.24) is 15.2 Å². The van der Waals surface area contributed by atoms with Crippen molar-refractivity contribution < 1.29 is 4.74 Å². The van der Waals surface area contributed by atoms with Crippen LogP contribution >= 0.6 is 0 Å². The van der Waals surface area contributed by atoms with Gasteiger partial charge in [0.25, 0.3) is 0 Å². The summed E-state index contributed by atoms with van der Waals surface area (Å²) < 4.78 is 5.17. The lowest BCUT2D eigenvalue weighted by Gasteiger charge is -2.29. The average Bonchev–Trinajstić information content (AvgIpc) is 2.49. The van der Waals surface area contributed by atoms with E-state index in [4.69, 9.17) is 4.74 Å². The van der Waals surface area contributed by atoms with E-state index in [1.54, 1.807) is 7.11 Å². The minimum Gasteiger partial charge on any atom is -0.481 e. The smallest absolute Gasteiger partial charge is 0.213 e. The molecular weight excluding hydrogens is 262 g/mol. The van der Waals surface area contributed by atoms with Crippen LogP contribution in [0.3, 0.4) is 0 Å². The van der Waals surface area contributed by atoms with Gasteiger partial charge in [-0.25, -0.2) is 4.98 Å². The van der Waals surface area contributed by atoms with Gasteiger partial charge in [-0.05, 0) is 76.8 Å². The van der Waals surface area contributed by atoms with Crippen molar-refractivity contribution in [1.29, 1.82) is 0 Å². The first-order chi connectivity index (χ1) is 10.2. The molecular formula is C17H29N3O. The summed E-state index contributed by atoms with van der Waals surface area (Å²) in [6.07, 6.45) is 6.85. The second-order valence-electron chi connectivity index (χ2n) is 6.30. The molecule has 0 spiro atoms. The van der Waals surface area contributed by atoms with E-state index in [9.17, 15) is 0 Å². The Kier molecular flexibility index (Phi) is 6.46. The summed E-state index contributed by atoms with van der Waals surface area (Å²) in [4.78, 5) is 6.58. The zero-order chi connectivity index (χ0) is 15.1. The fourth-order valence-corrected chi connectivity index (χ4v) is 3.00. The number of aromatic nitrogens is 1. The van der Waals surface area contributed by atoms with Crippen LogP contribution in [0.1, 0.15) is 31.7 Å². The molecule has 4 heteroatoms. The molecule has 0 aromatic carbocycles. The zero-order valence-electron chi connectivity index (χ0n) is 13.6. The second-order valence-corrected chi connectivity index (χ2v) is 6.30. The molecule has 118 valence electrons. The van der Waals surface area contributed by atoms with Crippen molar-refractivity contribution in [2.24, 2.45) is 5.92 Å². The van der Waals surface area contributed by atoms with Gasteiger partial charge < -0.3 is 15.0 Å². The van der Waals surface area contributed by atoms with Crippen LogP contribution in [0.4, 0.5) is 0 Å². The molecule has 1 aromatic heterocycles. The minimum absolute atomic E-state index is 0.489. The summed E-state index contributed by atoms with van der Waals surface area (Å²) in [5.41, 5.74) is 1.28. The molecule has 1 aliphatic rings. The third-order valence-corrected chi connectivity index (χ3v) is 4.43. The molecule has 0 aliphatic carbocycles. The van der Waals surface area contributed by atoms with Gasteiger partial charge in [-0.2, -0.15) is 0 Å². The number of pyridine rings is 1. The number of nitrogens with zero attached hydrogens (tertiary/aromatic N) is 2. The lowest BCUT2D eigenvalue weighted by molar-refractivity contribution is 0.210. The quantitative estimate of drug-likeness (QED) is 0.837. The number of hydrogen-bond donors (Lipinski definition) is 1. The van der Waals surface area contributed by atoms with Crippen LogP contribution in [0.25, 0.3) is 0 Å². The summed E-state index contributed by atoms with van der Waals surface area (Å²) in [6, 6.07) is 4.58. The zero-order valence-corrected chi connectivity index (χ0v) is 13.6. The summed E-state index contributed by atoms with van der Waals surface area (Å²) in [5, 5.41) is 3.65. The van der Waals surface area contributed by atoms with Crippen molar-refractivity contribution in [3.63, 3.8) is 0 Å². The largest absolute Gasteiger partial charge is 0.481 e. The maximum absolute atomic E-state index is 5.17. The third kappa shape index (κ3) is 5.64. The monoisotopic (exact) mass is 291 g/mol. The van der Waals surface area contributed by atoms with E-state index in [-0.39, 0.29) is 0 Å². The number of rotatable bonds is 7. The summed E-state index contributed by atoms with van der Waals surface area (Å²) in [7, 11) is 3.88. The van der Waals surface area contributed by atoms with Gasteiger partial charge in [0.2, 0.25) is 5.88 Å². The molecule has 1 atom stereocenters. The van der Waals surface area contributed by atoms with Crippen LogP contribution in [0.2, 0.25) is 0 Å². The number of piperidine rings is 1. The fourth-order valence-electron chi connectivity index (χ4n) is 3.00. The first-order valence-electron chi connectivity index (χ1n) is 8.08. The summed E-state index contributed by atoms with van der Waals surface area (Å²) in [5.74, 6) is 1.60. The molecule has 2 rings (SSSR count). The van der Waals surface area contributed by atoms with Gasteiger partial charge in [-0.15, -0.1) is 0 Å². The maximum Gasteiger partial charge on any atom is 0.213 e.